The quantitative estimate of drug-likeness (QED) is 0.105. The smallest absolute Gasteiger partial charge is 0.311 e. The first-order valence-electron chi connectivity index (χ1n) is 26.3. The van der Waals surface area contributed by atoms with Crippen LogP contribution in [0.25, 0.3) is 0 Å². The Morgan fingerprint density at radius 1 is 0.692 bits per heavy atom. The molecular weight excluding hydrogens is 1030 g/mol. The average molecular weight is 1120 g/mol. The van der Waals surface area contributed by atoms with Crippen LogP contribution in [-0.4, -0.2) is 236 Å². The number of carbonyl (C=O) groups is 2. The second kappa shape index (κ2) is 35.9. The number of esters is 1. The molecule has 78 heavy (non-hydrogen) atoms. The maximum Gasteiger partial charge on any atom is 0.311 e. The molecule has 0 amide bonds. The van der Waals surface area contributed by atoms with Gasteiger partial charge >= 0.3 is 11.9 Å². The molecule has 0 aromatic heterocycles. The maximum absolute atomic E-state index is 12.6. The lowest BCUT2D eigenvalue weighted by molar-refractivity contribution is -0.308. The molecule has 0 radical (unpaired) electrons. The lowest BCUT2D eigenvalue weighted by Crippen LogP contribution is -2.61. The predicted octanol–water partition coefficient (Wildman–Crippen LogP) is -2.65. The molecule has 0 spiro atoms. The zero-order valence-electron chi connectivity index (χ0n) is 45.0. The number of rotatable bonds is 9. The molecule has 0 aromatic carbocycles. The van der Waals surface area contributed by atoms with Crippen LogP contribution in [0, 0.1) is 17.8 Å². The van der Waals surface area contributed by atoms with Crippen molar-refractivity contribution in [1.82, 2.24) is 5.32 Å². The van der Waals surface area contributed by atoms with Gasteiger partial charge in [0.2, 0.25) is 0 Å². The van der Waals surface area contributed by atoms with Crippen LogP contribution in [0.1, 0.15) is 79.1 Å². The predicted molar refractivity (Wildman–Crippen MR) is 282 cm³/mol. The molecule has 3 aliphatic heterocycles. The van der Waals surface area contributed by atoms with Crippen molar-refractivity contribution in [2.75, 3.05) is 20.2 Å². The summed E-state index contributed by atoms with van der Waals surface area (Å²) < 4.78 is 23.1. The molecule has 24 heteroatoms. The van der Waals surface area contributed by atoms with Gasteiger partial charge in [0.25, 0.3) is 0 Å². The van der Waals surface area contributed by atoms with Crippen molar-refractivity contribution in [1.29, 1.82) is 0 Å². The van der Waals surface area contributed by atoms with Crippen molar-refractivity contribution >= 4 is 11.9 Å². The summed E-state index contributed by atoms with van der Waals surface area (Å²) in [5.74, 6) is -6.83. The van der Waals surface area contributed by atoms with Crippen molar-refractivity contribution in [3.8, 4) is 0 Å². The third-order valence-corrected chi connectivity index (χ3v) is 13.8. The number of fused-ring (bicyclic) bond motifs is 2. The number of likely N-dealkylation sites (N-methyl/N-ethyl adjacent to an activating group) is 1. The number of aliphatic carboxylic acids is 1. The van der Waals surface area contributed by atoms with Gasteiger partial charge in [0.05, 0.1) is 92.3 Å². The van der Waals surface area contributed by atoms with E-state index in [4.69, 9.17) is 45.1 Å². The molecule has 448 valence electrons. The standard InChI is InChI=1S/C47H73NO17.C7H17NO5/c1-27-17-15-13-11-9-7-5-6-8-10-12-14-16-18-34(64-46-44(58)41(48)43(57)30(4)63-46)24-38-40(45(59)60)37(54)26-47(61,65-38)25-33(51)22-36(53)35(52)20-19-31(49)21-32(50)23-39(55)62-29(3)28(2)42(27)56;1-8-2-4(10)6(12)7(13)5(11)3-9/h5-18,27-38,40-44,46,49-54,56-58,61H,19-26,48H2,1-4H3,(H,59,60);4-13H,2-3H2,1H3/b6-5+,9-7+,10-8-,13-11+,14-12+,17-15+,18-16+;/t27-,28-,29-,30+,31+,32+,33-,34-,35+,36+,37-,38-,40+,41-,42+,43+,44-,46-,47+;4-,5+,6-,7+/m00/s1. The van der Waals surface area contributed by atoms with E-state index in [1.165, 1.54) is 13.0 Å². The Labute approximate surface area is 456 Å². The number of aliphatic hydroxyl groups excluding tert-OH is 14. The number of carboxylic acids is 1. The first-order valence-corrected chi connectivity index (χ1v) is 26.3. The second-order valence-electron chi connectivity index (χ2n) is 20.4. The first kappa shape index (κ1) is 70.4. The van der Waals surface area contributed by atoms with Crippen LogP contribution in [0.4, 0.5) is 0 Å². The summed E-state index contributed by atoms with van der Waals surface area (Å²) in [5.41, 5.74) is 6.02. The Hall–Kier alpha value is -3.68. The summed E-state index contributed by atoms with van der Waals surface area (Å²) in [6, 6.07) is -1.15. The molecule has 0 saturated carbocycles. The Bertz CT molecular complexity index is 1940. The van der Waals surface area contributed by atoms with Crippen LogP contribution in [0.5, 0.6) is 0 Å². The molecular formula is C54H90N2O22. The molecule has 0 unspecified atom stereocenters. The Morgan fingerprint density at radius 2 is 1.24 bits per heavy atom. The summed E-state index contributed by atoms with van der Waals surface area (Å²) in [4.78, 5) is 25.1. The fraction of sp³-hybridized carbons (Fsp3) is 0.704. The molecule has 3 aliphatic rings. The van der Waals surface area contributed by atoms with Gasteiger partial charge in [0.15, 0.2) is 12.1 Å². The monoisotopic (exact) mass is 1120 g/mol. The molecule has 0 aliphatic carbocycles. The molecule has 24 nitrogen and oxygen atoms in total. The van der Waals surface area contributed by atoms with Gasteiger partial charge in [-0.25, -0.2) is 0 Å². The van der Waals surface area contributed by atoms with Gasteiger partial charge in [-0.3, -0.25) is 9.59 Å². The summed E-state index contributed by atoms with van der Waals surface area (Å²) in [5, 5.41) is 166. The van der Waals surface area contributed by atoms with E-state index >= 15 is 0 Å². The van der Waals surface area contributed by atoms with Gasteiger partial charge in [-0.1, -0.05) is 98.9 Å². The molecule has 3 rings (SSSR count). The zero-order chi connectivity index (χ0) is 58.9. The van der Waals surface area contributed by atoms with Crippen molar-refractivity contribution in [3.63, 3.8) is 0 Å². The van der Waals surface area contributed by atoms with E-state index in [1.54, 1.807) is 87.7 Å². The van der Waals surface area contributed by atoms with E-state index in [1.807, 2.05) is 19.1 Å². The number of hydrogen-bond donors (Lipinski definition) is 18. The molecule has 23 atom stereocenters. The van der Waals surface area contributed by atoms with Crippen LogP contribution < -0.4 is 11.1 Å². The maximum atomic E-state index is 12.6. The van der Waals surface area contributed by atoms with E-state index < -0.39 is 178 Å². The van der Waals surface area contributed by atoms with Crippen LogP contribution >= 0.6 is 0 Å². The van der Waals surface area contributed by atoms with Gasteiger partial charge in [-0.2, -0.15) is 0 Å². The summed E-state index contributed by atoms with van der Waals surface area (Å²) in [6.07, 6.45) is -2.19. The highest BCUT2D eigenvalue weighted by Crippen LogP contribution is 2.38. The molecule has 2 saturated heterocycles. The number of allylic oxidation sites excluding steroid dienone is 12. The summed E-state index contributed by atoms with van der Waals surface area (Å²) in [6.45, 7) is 6.17. The fourth-order valence-corrected chi connectivity index (χ4v) is 8.86. The zero-order valence-corrected chi connectivity index (χ0v) is 45.0. The normalized spacial score (nSPS) is 41.4. The molecule has 2 fully saturated rings. The number of carbonyl (C=O) groups excluding carboxylic acids is 1. The third-order valence-electron chi connectivity index (χ3n) is 13.8. The second-order valence-corrected chi connectivity index (χ2v) is 20.4. The minimum Gasteiger partial charge on any atom is -0.481 e. The number of carboxylic acid groups (broad SMARTS) is 1. The number of nitrogens with two attached hydrogens (primary N) is 1. The van der Waals surface area contributed by atoms with Gasteiger partial charge in [-0.05, 0) is 40.2 Å². The van der Waals surface area contributed by atoms with E-state index in [-0.39, 0.29) is 38.1 Å². The van der Waals surface area contributed by atoms with Crippen molar-refractivity contribution < 1.29 is 110 Å². The van der Waals surface area contributed by atoms with Gasteiger partial charge in [0.1, 0.15) is 36.4 Å². The van der Waals surface area contributed by atoms with E-state index in [2.05, 4.69) is 5.32 Å². The van der Waals surface area contributed by atoms with Crippen LogP contribution in [0.2, 0.25) is 0 Å². The molecule has 2 bridgehead atoms. The Balaban J connectivity index is 0.00000141. The lowest BCUT2D eigenvalue weighted by Gasteiger charge is -2.45. The summed E-state index contributed by atoms with van der Waals surface area (Å²) in [7, 11) is 1.57. The van der Waals surface area contributed by atoms with Crippen LogP contribution in [-0.2, 0) is 28.5 Å². The lowest BCUT2D eigenvalue weighted by atomic mass is 9.82. The van der Waals surface area contributed by atoms with E-state index in [9.17, 15) is 70.9 Å². The highest BCUT2D eigenvalue weighted by atomic mass is 16.7. The average Bonchev–Trinajstić information content (AvgIpc) is 3.36. The van der Waals surface area contributed by atoms with Crippen molar-refractivity contribution in [3.05, 3.63) is 85.1 Å². The highest BCUT2D eigenvalue weighted by molar-refractivity contribution is 5.71. The first-order chi connectivity index (χ1) is 36.7. The van der Waals surface area contributed by atoms with Crippen LogP contribution in [0.15, 0.2) is 85.1 Å². The minimum atomic E-state index is -2.33. The molecule has 0 aromatic rings. The third kappa shape index (κ3) is 24.6. The summed E-state index contributed by atoms with van der Waals surface area (Å²) >= 11 is 0. The molecule has 3 heterocycles. The van der Waals surface area contributed by atoms with Gasteiger partial charge < -0.3 is 112 Å². The van der Waals surface area contributed by atoms with Crippen molar-refractivity contribution in [2.24, 2.45) is 23.5 Å². The SMILES string of the molecule is CNC[C@H](O)[C@H](O)[C@H](O)[C@H](O)CO.C[C@@H]1[C@H](O)[C@@H](C)/C=C/C=C/C=C/C=C/C=C\C=C\C=C\[C@H](O[C@@H]2O[C@H](C)[C@@H](O)[C@H](N)[C@@H]2O)C[C@@H]2O[C@](O)(C[C@@H](O)C[C@@H](O)[C@H](O)CC[C@@H](O)C[C@@H](O)CC(=O)O[C@H]1C)C[C@H](O)[C@H]2C(=O)O. The highest BCUT2D eigenvalue weighted by Gasteiger charge is 2.51. The number of ether oxygens (including phenoxy) is 4. The van der Waals surface area contributed by atoms with E-state index in [0.717, 1.165) is 0 Å². The largest absolute Gasteiger partial charge is 0.481 e. The number of nitrogens with one attached hydrogen (secondary N) is 1. The Kier molecular flexibility index (Phi) is 32.4. The Morgan fingerprint density at radius 3 is 1.79 bits per heavy atom. The fourth-order valence-electron chi connectivity index (χ4n) is 8.86. The van der Waals surface area contributed by atoms with Gasteiger partial charge in [0, 0.05) is 44.1 Å². The number of aliphatic hydroxyl groups is 15. The van der Waals surface area contributed by atoms with Crippen molar-refractivity contribution in [2.45, 2.75) is 201 Å². The molecule has 19 N–H and O–H groups in total. The van der Waals surface area contributed by atoms with E-state index in [0.29, 0.717) is 0 Å². The minimum absolute atomic E-state index is 0.0936. The van der Waals surface area contributed by atoms with Gasteiger partial charge in [-0.15, -0.1) is 0 Å². The topological polar surface area (TPSA) is 433 Å². The van der Waals surface area contributed by atoms with Crippen LogP contribution in [0.3, 0.4) is 0 Å². The number of hydrogen-bond acceptors (Lipinski definition) is 23. The number of cyclic esters (lactones) is 1.